The van der Waals surface area contributed by atoms with Gasteiger partial charge in [-0.1, -0.05) is 0 Å². The lowest BCUT2D eigenvalue weighted by molar-refractivity contribution is 0.0635. The predicted molar refractivity (Wildman–Crippen MR) is 96.7 cm³/mol. The molecule has 1 N–H and O–H groups in total. The zero-order chi connectivity index (χ0) is 18.6. The standard InChI is InChI=1S/C18H28N4O3/c1-18(2,3)25-17(24)20-13-6-9-15(19-12-13)16(23)22(5)11-10-21(4)14-7-8-14/h6,9,12,14H,7-8,10-11H2,1-5H3,(H,20,24). The van der Waals surface area contributed by atoms with Gasteiger partial charge in [-0.3, -0.25) is 10.1 Å². The van der Waals surface area contributed by atoms with E-state index in [1.807, 2.05) is 0 Å². The van der Waals surface area contributed by atoms with Crippen molar-refractivity contribution in [3.8, 4) is 0 Å². The van der Waals surface area contributed by atoms with Crippen LogP contribution in [0.25, 0.3) is 0 Å². The van der Waals surface area contributed by atoms with E-state index in [4.69, 9.17) is 4.74 Å². The fraction of sp³-hybridized carbons (Fsp3) is 0.611. The molecule has 25 heavy (non-hydrogen) atoms. The number of hydrogen-bond acceptors (Lipinski definition) is 5. The number of anilines is 1. The van der Waals surface area contributed by atoms with E-state index in [1.165, 1.54) is 19.0 Å². The number of rotatable bonds is 6. The second-order valence-electron chi connectivity index (χ2n) is 7.50. The van der Waals surface area contributed by atoms with E-state index in [0.29, 0.717) is 24.0 Å². The number of carbonyl (C=O) groups excluding carboxylic acids is 2. The molecule has 1 aliphatic rings. The number of aromatic nitrogens is 1. The number of amides is 2. The van der Waals surface area contributed by atoms with Crippen LogP contribution in [0, 0.1) is 0 Å². The van der Waals surface area contributed by atoms with Gasteiger partial charge in [0.15, 0.2) is 0 Å². The molecule has 0 spiro atoms. The van der Waals surface area contributed by atoms with E-state index >= 15 is 0 Å². The lowest BCUT2D eigenvalue weighted by atomic mass is 10.2. The summed E-state index contributed by atoms with van der Waals surface area (Å²) in [6, 6.07) is 3.93. The Balaban J connectivity index is 1.85. The van der Waals surface area contributed by atoms with Crippen LogP contribution >= 0.6 is 0 Å². The van der Waals surface area contributed by atoms with Gasteiger partial charge in [0, 0.05) is 26.2 Å². The Morgan fingerprint density at radius 3 is 2.44 bits per heavy atom. The molecule has 0 atom stereocenters. The van der Waals surface area contributed by atoms with E-state index in [0.717, 1.165) is 6.54 Å². The summed E-state index contributed by atoms with van der Waals surface area (Å²) in [7, 11) is 3.86. The van der Waals surface area contributed by atoms with Crippen molar-refractivity contribution in [1.29, 1.82) is 0 Å². The maximum absolute atomic E-state index is 12.4. The van der Waals surface area contributed by atoms with Crippen LogP contribution in [0.2, 0.25) is 0 Å². The predicted octanol–water partition coefficient (Wildman–Crippen LogP) is 2.59. The number of carbonyl (C=O) groups is 2. The summed E-state index contributed by atoms with van der Waals surface area (Å²) < 4.78 is 5.18. The molecule has 1 aliphatic carbocycles. The van der Waals surface area contributed by atoms with E-state index in [2.05, 4.69) is 22.2 Å². The molecular weight excluding hydrogens is 320 g/mol. The van der Waals surface area contributed by atoms with Crippen LogP contribution in [0.15, 0.2) is 18.3 Å². The SMILES string of the molecule is CN(CCN(C)C1CC1)C(=O)c1ccc(NC(=O)OC(C)(C)C)cn1. The summed E-state index contributed by atoms with van der Waals surface area (Å²) >= 11 is 0. The molecular formula is C18H28N4O3. The monoisotopic (exact) mass is 348 g/mol. The van der Waals surface area contributed by atoms with Crippen molar-refractivity contribution in [2.24, 2.45) is 0 Å². The molecule has 2 amide bonds. The summed E-state index contributed by atoms with van der Waals surface area (Å²) in [4.78, 5) is 32.2. The normalized spacial score (nSPS) is 14.3. The number of nitrogens with zero attached hydrogens (tertiary/aromatic N) is 3. The van der Waals surface area contributed by atoms with Gasteiger partial charge in [-0.2, -0.15) is 0 Å². The van der Waals surface area contributed by atoms with E-state index in [-0.39, 0.29) is 5.91 Å². The smallest absolute Gasteiger partial charge is 0.412 e. The van der Waals surface area contributed by atoms with Gasteiger partial charge in [0.05, 0.1) is 11.9 Å². The van der Waals surface area contributed by atoms with Gasteiger partial charge in [-0.25, -0.2) is 9.78 Å². The topological polar surface area (TPSA) is 74.8 Å². The summed E-state index contributed by atoms with van der Waals surface area (Å²) in [6.07, 6.45) is 3.42. The summed E-state index contributed by atoms with van der Waals surface area (Å²) in [5.74, 6) is -0.131. The maximum atomic E-state index is 12.4. The average Bonchev–Trinajstić information content (AvgIpc) is 3.35. The molecule has 7 nitrogen and oxygen atoms in total. The Bertz CT molecular complexity index is 606. The molecule has 0 bridgehead atoms. The molecule has 0 aromatic carbocycles. The minimum Gasteiger partial charge on any atom is -0.444 e. The lowest BCUT2D eigenvalue weighted by Crippen LogP contribution is -2.35. The fourth-order valence-electron chi connectivity index (χ4n) is 2.32. The Morgan fingerprint density at radius 1 is 1.24 bits per heavy atom. The van der Waals surface area contributed by atoms with Crippen molar-refractivity contribution in [3.63, 3.8) is 0 Å². The first kappa shape index (κ1) is 19.2. The minimum atomic E-state index is -0.566. The second-order valence-corrected chi connectivity index (χ2v) is 7.50. The van der Waals surface area contributed by atoms with Crippen molar-refractivity contribution < 1.29 is 14.3 Å². The van der Waals surface area contributed by atoms with Gasteiger partial charge < -0.3 is 14.5 Å². The van der Waals surface area contributed by atoms with Crippen LogP contribution in [0.4, 0.5) is 10.5 Å². The third-order valence-corrected chi connectivity index (χ3v) is 3.93. The summed E-state index contributed by atoms with van der Waals surface area (Å²) in [5.41, 5.74) is 0.275. The van der Waals surface area contributed by atoms with Gasteiger partial charge in [-0.15, -0.1) is 0 Å². The molecule has 138 valence electrons. The maximum Gasteiger partial charge on any atom is 0.412 e. The van der Waals surface area contributed by atoms with Crippen LogP contribution in [0.1, 0.15) is 44.1 Å². The highest BCUT2D eigenvalue weighted by Crippen LogP contribution is 2.24. The Kier molecular flexibility index (Phi) is 6.00. The van der Waals surface area contributed by atoms with E-state index < -0.39 is 11.7 Å². The number of hydrogen-bond donors (Lipinski definition) is 1. The molecule has 0 unspecified atom stereocenters. The Labute approximate surface area is 149 Å². The molecule has 0 saturated heterocycles. The zero-order valence-corrected chi connectivity index (χ0v) is 15.7. The molecule has 0 aliphatic heterocycles. The number of likely N-dealkylation sites (N-methyl/N-ethyl adjacent to an activating group) is 2. The quantitative estimate of drug-likeness (QED) is 0.855. The molecule has 2 rings (SSSR count). The lowest BCUT2D eigenvalue weighted by Gasteiger charge is -2.22. The van der Waals surface area contributed by atoms with E-state index in [1.54, 1.807) is 44.9 Å². The highest BCUT2D eigenvalue weighted by atomic mass is 16.6. The number of ether oxygens (including phenoxy) is 1. The van der Waals surface area contributed by atoms with Gasteiger partial charge in [0.25, 0.3) is 5.91 Å². The Morgan fingerprint density at radius 2 is 1.92 bits per heavy atom. The first-order valence-electron chi connectivity index (χ1n) is 8.57. The first-order valence-corrected chi connectivity index (χ1v) is 8.57. The summed E-state index contributed by atoms with van der Waals surface area (Å²) in [6.45, 7) is 6.89. The largest absolute Gasteiger partial charge is 0.444 e. The van der Waals surface area contributed by atoms with Crippen molar-refractivity contribution in [3.05, 3.63) is 24.0 Å². The van der Waals surface area contributed by atoms with Crippen molar-refractivity contribution in [2.45, 2.75) is 45.3 Å². The average molecular weight is 348 g/mol. The van der Waals surface area contributed by atoms with Gasteiger partial charge in [-0.05, 0) is 52.8 Å². The van der Waals surface area contributed by atoms with E-state index in [9.17, 15) is 9.59 Å². The van der Waals surface area contributed by atoms with Crippen molar-refractivity contribution >= 4 is 17.7 Å². The zero-order valence-electron chi connectivity index (χ0n) is 15.7. The molecule has 1 saturated carbocycles. The molecule has 1 aromatic rings. The molecule has 1 fully saturated rings. The van der Waals surface area contributed by atoms with Crippen LogP contribution in [-0.4, -0.2) is 65.6 Å². The first-order chi connectivity index (χ1) is 11.7. The second kappa shape index (κ2) is 7.82. The third-order valence-electron chi connectivity index (χ3n) is 3.93. The van der Waals surface area contributed by atoms with Gasteiger partial charge in [0.1, 0.15) is 11.3 Å². The number of nitrogens with one attached hydrogen (secondary N) is 1. The van der Waals surface area contributed by atoms with Crippen LogP contribution in [0.3, 0.4) is 0 Å². The minimum absolute atomic E-state index is 0.131. The van der Waals surface area contributed by atoms with Gasteiger partial charge >= 0.3 is 6.09 Å². The molecule has 7 heteroatoms. The van der Waals surface area contributed by atoms with Crippen LogP contribution in [0.5, 0.6) is 0 Å². The third kappa shape index (κ3) is 6.34. The highest BCUT2D eigenvalue weighted by Gasteiger charge is 2.26. The molecule has 1 heterocycles. The van der Waals surface area contributed by atoms with Gasteiger partial charge in [0.2, 0.25) is 0 Å². The van der Waals surface area contributed by atoms with Crippen LogP contribution < -0.4 is 5.32 Å². The molecule has 1 aromatic heterocycles. The van der Waals surface area contributed by atoms with Crippen molar-refractivity contribution in [1.82, 2.24) is 14.8 Å². The van der Waals surface area contributed by atoms with Crippen molar-refractivity contribution in [2.75, 3.05) is 32.5 Å². The molecule has 0 radical (unpaired) electrons. The highest BCUT2D eigenvalue weighted by molar-refractivity contribution is 5.92. The fourth-order valence-corrected chi connectivity index (χ4v) is 2.32. The Hall–Kier alpha value is -2.15. The summed E-state index contributed by atoms with van der Waals surface area (Å²) in [5, 5.41) is 2.60. The van der Waals surface area contributed by atoms with Crippen LogP contribution in [-0.2, 0) is 4.74 Å². The number of pyridine rings is 1.